The summed E-state index contributed by atoms with van der Waals surface area (Å²) in [7, 11) is 0. The van der Waals surface area contributed by atoms with Crippen LogP contribution in [0.2, 0.25) is 0 Å². The first kappa shape index (κ1) is 42.0. The SMILES string of the molecule is CC(C)(C)c1ccc2c(c1)N(c1c(-c3ccccc3)cccc1-c1ccccc1)c1cc3cc4c1B2c1ccc(C(C)(C)C)cc1N4c1c(-c2ccccc2)cccc1-c1ccc(cc1)C3(C)C. The minimum Gasteiger partial charge on any atom is -0.310 e. The van der Waals surface area contributed by atoms with Gasteiger partial charge in [0.2, 0.25) is 0 Å². The summed E-state index contributed by atoms with van der Waals surface area (Å²) < 4.78 is 0. The van der Waals surface area contributed by atoms with Gasteiger partial charge in [0.05, 0.1) is 11.4 Å². The van der Waals surface area contributed by atoms with E-state index in [1.807, 2.05) is 0 Å². The molecule has 330 valence electrons. The quantitative estimate of drug-likeness (QED) is 0.163. The zero-order chi connectivity index (χ0) is 46.7. The molecule has 0 aliphatic carbocycles. The summed E-state index contributed by atoms with van der Waals surface area (Å²) in [5, 5.41) is 0. The highest BCUT2D eigenvalue weighted by molar-refractivity contribution is 7.00. The van der Waals surface area contributed by atoms with Gasteiger partial charge in [-0.1, -0.05) is 231 Å². The number of benzene rings is 9. The molecule has 4 aliphatic heterocycles. The number of hydrogen-bond donors (Lipinski definition) is 0. The third kappa shape index (κ3) is 6.54. The van der Waals surface area contributed by atoms with Crippen LogP contribution in [0.1, 0.15) is 77.6 Å². The number of hydrogen-bond acceptors (Lipinski definition) is 2. The Kier molecular flexibility index (Phi) is 9.48. The Morgan fingerprint density at radius 1 is 0.353 bits per heavy atom. The van der Waals surface area contributed by atoms with Crippen LogP contribution in [0.4, 0.5) is 34.1 Å². The summed E-state index contributed by atoms with van der Waals surface area (Å²) in [4.78, 5) is 5.37. The van der Waals surface area contributed by atoms with Crippen molar-refractivity contribution in [3.8, 4) is 44.5 Å². The number of anilines is 6. The Labute approximate surface area is 403 Å². The second-order valence-corrected chi connectivity index (χ2v) is 21.8. The Hall–Kier alpha value is -7.36. The molecule has 0 N–H and O–H groups in total. The number of nitrogens with zero attached hydrogens (tertiary/aromatic N) is 2. The molecular formula is C65H57BN2. The normalized spacial score (nSPS) is 14.2. The highest BCUT2D eigenvalue weighted by Crippen LogP contribution is 2.54. The second-order valence-electron chi connectivity index (χ2n) is 21.8. The van der Waals surface area contributed by atoms with E-state index in [0.29, 0.717) is 0 Å². The van der Waals surface area contributed by atoms with Crippen molar-refractivity contribution in [3.05, 3.63) is 222 Å². The molecule has 0 amide bonds. The van der Waals surface area contributed by atoms with E-state index in [2.05, 4.69) is 265 Å². The molecule has 4 bridgehead atoms. The van der Waals surface area contributed by atoms with Gasteiger partial charge < -0.3 is 9.80 Å². The van der Waals surface area contributed by atoms with Crippen molar-refractivity contribution >= 4 is 57.2 Å². The fourth-order valence-electron chi connectivity index (χ4n) is 11.4. The summed E-state index contributed by atoms with van der Waals surface area (Å²) >= 11 is 0. The van der Waals surface area contributed by atoms with Crippen LogP contribution in [-0.4, -0.2) is 6.71 Å². The van der Waals surface area contributed by atoms with Crippen molar-refractivity contribution in [2.75, 3.05) is 9.80 Å². The van der Waals surface area contributed by atoms with Crippen molar-refractivity contribution in [2.24, 2.45) is 0 Å². The third-order valence-corrected chi connectivity index (χ3v) is 15.2. The van der Waals surface area contributed by atoms with E-state index in [4.69, 9.17) is 0 Å². The van der Waals surface area contributed by atoms with Gasteiger partial charge in [0.15, 0.2) is 0 Å². The van der Waals surface area contributed by atoms with Gasteiger partial charge >= 0.3 is 0 Å². The molecule has 0 saturated carbocycles. The van der Waals surface area contributed by atoms with Gasteiger partial charge in [-0.15, -0.1) is 0 Å². The van der Waals surface area contributed by atoms with E-state index >= 15 is 0 Å². The van der Waals surface area contributed by atoms with E-state index in [-0.39, 0.29) is 23.0 Å². The van der Waals surface area contributed by atoms with Crippen LogP contribution in [0.3, 0.4) is 0 Å². The molecule has 68 heavy (non-hydrogen) atoms. The van der Waals surface area contributed by atoms with Crippen LogP contribution >= 0.6 is 0 Å². The van der Waals surface area contributed by atoms with Crippen LogP contribution < -0.4 is 26.2 Å². The zero-order valence-corrected chi connectivity index (χ0v) is 40.5. The van der Waals surface area contributed by atoms with Gasteiger partial charge in [-0.3, -0.25) is 0 Å². The van der Waals surface area contributed by atoms with E-state index < -0.39 is 0 Å². The molecule has 13 rings (SSSR count). The average molecular weight is 877 g/mol. The molecule has 4 aliphatic rings. The van der Waals surface area contributed by atoms with E-state index in [0.717, 1.165) is 0 Å². The van der Waals surface area contributed by atoms with Gasteiger partial charge in [0.25, 0.3) is 6.71 Å². The predicted molar refractivity (Wildman–Crippen MR) is 292 cm³/mol. The molecule has 3 heteroatoms. The molecule has 0 spiro atoms. The van der Waals surface area contributed by atoms with E-state index in [9.17, 15) is 0 Å². The molecule has 9 aromatic carbocycles. The fourth-order valence-corrected chi connectivity index (χ4v) is 11.4. The molecule has 0 aromatic heterocycles. The van der Waals surface area contributed by atoms with Crippen LogP contribution in [0, 0.1) is 0 Å². The minimum atomic E-state index is -0.349. The molecule has 0 fully saturated rings. The van der Waals surface area contributed by atoms with Gasteiger partial charge in [0.1, 0.15) is 0 Å². The summed E-state index contributed by atoms with van der Waals surface area (Å²) in [5.41, 5.74) is 25.6. The second kappa shape index (κ2) is 15.3. The lowest BCUT2D eigenvalue weighted by Gasteiger charge is -2.47. The summed E-state index contributed by atoms with van der Waals surface area (Å²) in [6.07, 6.45) is 0. The Morgan fingerprint density at radius 3 is 1.09 bits per heavy atom. The molecule has 0 unspecified atom stereocenters. The van der Waals surface area contributed by atoms with Crippen LogP contribution in [0.25, 0.3) is 44.5 Å². The van der Waals surface area contributed by atoms with Crippen molar-refractivity contribution in [1.29, 1.82) is 0 Å². The van der Waals surface area contributed by atoms with Gasteiger partial charge in [-0.05, 0) is 96.0 Å². The number of para-hydroxylation sites is 2. The Morgan fingerprint density at radius 2 is 0.721 bits per heavy atom. The zero-order valence-electron chi connectivity index (χ0n) is 40.5. The first-order valence-corrected chi connectivity index (χ1v) is 24.4. The molecule has 0 atom stereocenters. The molecule has 2 nitrogen and oxygen atoms in total. The van der Waals surface area contributed by atoms with E-state index in [1.165, 1.54) is 117 Å². The standard InChI is InChI=1S/C65H57BN2/c1-63(2,3)47-34-36-54-56(38-47)67(61-50(42-20-12-9-13-21-42)26-18-27-51(61)43-22-14-10-15-23-43)58-40-49-41-59-60(58)66(54)55-37-35-48(64(4,5)6)39-57(55)68(59)62-52(44-24-16-11-17-25-44)28-19-29-53(62)45-30-32-46(33-31-45)65(49,7)8/h9-41H,1-8H3. The smallest absolute Gasteiger partial charge is 0.252 e. The van der Waals surface area contributed by atoms with Crippen molar-refractivity contribution in [1.82, 2.24) is 0 Å². The third-order valence-electron chi connectivity index (χ3n) is 15.2. The van der Waals surface area contributed by atoms with Gasteiger partial charge in [-0.25, -0.2) is 0 Å². The topological polar surface area (TPSA) is 6.48 Å². The highest BCUT2D eigenvalue weighted by atomic mass is 15.2. The van der Waals surface area contributed by atoms with Crippen LogP contribution in [0.5, 0.6) is 0 Å². The summed E-state index contributed by atoms with van der Waals surface area (Å²) in [6, 6.07) is 76.3. The molecule has 4 heterocycles. The van der Waals surface area contributed by atoms with Gasteiger partial charge in [-0.2, -0.15) is 0 Å². The van der Waals surface area contributed by atoms with Crippen molar-refractivity contribution in [3.63, 3.8) is 0 Å². The van der Waals surface area contributed by atoms with Crippen LogP contribution in [0.15, 0.2) is 200 Å². The Bertz CT molecular complexity index is 3370. The monoisotopic (exact) mass is 876 g/mol. The Balaban J connectivity index is 1.30. The van der Waals surface area contributed by atoms with Crippen molar-refractivity contribution < 1.29 is 0 Å². The summed E-state index contributed by atoms with van der Waals surface area (Å²) in [6.45, 7) is 18.9. The fraction of sp³-hybridized carbons (Fsp3) is 0.169. The van der Waals surface area contributed by atoms with Gasteiger partial charge in [0, 0.05) is 50.4 Å². The maximum atomic E-state index is 2.68. The maximum Gasteiger partial charge on any atom is 0.252 e. The first-order chi connectivity index (χ1) is 32.8. The lowest BCUT2D eigenvalue weighted by molar-refractivity contribution is 0.590. The van der Waals surface area contributed by atoms with E-state index in [1.54, 1.807) is 0 Å². The average Bonchev–Trinajstić information content (AvgIpc) is 3.37. The largest absolute Gasteiger partial charge is 0.310 e. The number of rotatable bonds is 4. The molecular weight excluding hydrogens is 820 g/mol. The summed E-state index contributed by atoms with van der Waals surface area (Å²) in [5.74, 6) is 0. The predicted octanol–water partition coefficient (Wildman–Crippen LogP) is 15.7. The molecule has 0 radical (unpaired) electrons. The molecule has 0 saturated heterocycles. The maximum absolute atomic E-state index is 2.68. The number of fused-ring (bicyclic) bond motifs is 6. The highest BCUT2D eigenvalue weighted by Gasteiger charge is 2.46. The first-order valence-electron chi connectivity index (χ1n) is 24.4. The van der Waals surface area contributed by atoms with Crippen LogP contribution in [-0.2, 0) is 16.2 Å². The lowest BCUT2D eigenvalue weighted by atomic mass is 9.33. The van der Waals surface area contributed by atoms with Crippen molar-refractivity contribution in [2.45, 2.75) is 71.6 Å². The molecule has 9 aromatic rings. The lowest BCUT2D eigenvalue weighted by Crippen LogP contribution is -2.61. The minimum absolute atomic E-state index is 0.0347.